The normalized spacial score (nSPS) is 20.2. The van der Waals surface area contributed by atoms with Crippen molar-refractivity contribution in [1.82, 2.24) is 9.72 Å². The van der Waals surface area contributed by atoms with Gasteiger partial charge in [-0.1, -0.05) is 36.4 Å². The summed E-state index contributed by atoms with van der Waals surface area (Å²) in [5.74, 6) is -0.300. The van der Waals surface area contributed by atoms with Gasteiger partial charge in [0.05, 0.1) is 6.61 Å². The first-order valence-corrected chi connectivity index (χ1v) is 9.74. The quantitative estimate of drug-likeness (QED) is 0.602. The number of aryl methyl sites for hydroxylation is 1. The predicted octanol–water partition coefficient (Wildman–Crippen LogP) is 2.48. The summed E-state index contributed by atoms with van der Waals surface area (Å²) in [6.45, 7) is 2.70. The van der Waals surface area contributed by atoms with Crippen molar-refractivity contribution >= 4 is 17.3 Å². The second-order valence-corrected chi connectivity index (χ2v) is 8.10. The van der Waals surface area contributed by atoms with Crippen LogP contribution < -0.4 is 11.1 Å². The highest BCUT2D eigenvalue weighted by Gasteiger charge is 2.40. The summed E-state index contributed by atoms with van der Waals surface area (Å²) in [6.07, 6.45) is 3.09. The number of amides is 2. The minimum absolute atomic E-state index is 0.425. The fourth-order valence-corrected chi connectivity index (χ4v) is 3.95. The summed E-state index contributed by atoms with van der Waals surface area (Å²) >= 11 is 0. The Morgan fingerprint density at radius 2 is 1.86 bits per heavy atom. The molecule has 2 heterocycles. The number of hydrogen-bond acceptors (Lipinski definition) is 3. The molecule has 0 saturated heterocycles. The van der Waals surface area contributed by atoms with Gasteiger partial charge in [-0.05, 0) is 60.9 Å². The Morgan fingerprint density at radius 1 is 1.17 bits per heavy atom. The first-order chi connectivity index (χ1) is 13.8. The van der Waals surface area contributed by atoms with E-state index in [2.05, 4.69) is 35.6 Å². The molecule has 1 saturated carbocycles. The number of hydrogen-bond donors (Lipinski definition) is 3. The third kappa shape index (κ3) is 3.40. The lowest BCUT2D eigenvalue weighted by molar-refractivity contribution is -0.124. The number of pyridine rings is 1. The van der Waals surface area contributed by atoms with E-state index in [-0.39, 0.29) is 0 Å². The molecule has 1 aliphatic rings. The molecule has 29 heavy (non-hydrogen) atoms. The maximum absolute atomic E-state index is 13.0. The van der Waals surface area contributed by atoms with Crippen LogP contribution in [0.1, 0.15) is 52.4 Å². The Labute approximate surface area is 169 Å². The van der Waals surface area contributed by atoms with Crippen LogP contribution in [-0.4, -0.2) is 33.5 Å². The van der Waals surface area contributed by atoms with Gasteiger partial charge in [-0.3, -0.25) is 9.59 Å². The van der Waals surface area contributed by atoms with Crippen molar-refractivity contribution in [2.45, 2.75) is 37.6 Å². The number of primary amides is 1. The highest BCUT2D eigenvalue weighted by molar-refractivity contribution is 5.99. The number of benzene rings is 1. The number of nitrogens with one attached hydrogen (secondary N) is 1. The van der Waals surface area contributed by atoms with Crippen molar-refractivity contribution in [3.05, 3.63) is 77.1 Å². The summed E-state index contributed by atoms with van der Waals surface area (Å²) in [5.41, 5.74) is 8.49. The lowest BCUT2D eigenvalue weighted by Crippen LogP contribution is -2.58. The van der Waals surface area contributed by atoms with Gasteiger partial charge in [-0.25, -0.2) is 0 Å². The highest BCUT2D eigenvalue weighted by Crippen LogP contribution is 2.54. The molecule has 6 nitrogen and oxygen atoms in total. The number of aliphatic hydroxyl groups is 1. The molecule has 6 heteroatoms. The molecule has 3 aromatic rings. The molecule has 4 N–H and O–H groups in total. The Kier molecular flexibility index (Phi) is 4.67. The van der Waals surface area contributed by atoms with Gasteiger partial charge in [0.15, 0.2) is 0 Å². The highest BCUT2D eigenvalue weighted by atomic mass is 16.3. The number of carbonyl (C=O) groups is 2. The summed E-state index contributed by atoms with van der Waals surface area (Å²) < 4.78 is 1.86. The van der Waals surface area contributed by atoms with E-state index in [1.54, 1.807) is 0 Å². The van der Waals surface area contributed by atoms with E-state index in [1.165, 1.54) is 18.1 Å². The molecule has 0 bridgehead atoms. The molecule has 2 amide bonds. The SMILES string of the molecule is Cc1cc2ccc(C3CC3c3ccccc3)cn2c1C(=O)N[C@@](C)(CO)C(N)=O. The largest absolute Gasteiger partial charge is 0.393 e. The summed E-state index contributed by atoms with van der Waals surface area (Å²) in [5, 5.41) is 12.1. The molecule has 1 aliphatic carbocycles. The average molecular weight is 391 g/mol. The maximum Gasteiger partial charge on any atom is 0.269 e. The van der Waals surface area contributed by atoms with Gasteiger partial charge in [0.25, 0.3) is 5.91 Å². The zero-order valence-electron chi connectivity index (χ0n) is 16.6. The molecule has 3 atom stereocenters. The third-order valence-corrected chi connectivity index (χ3v) is 5.89. The molecule has 0 aliphatic heterocycles. The Bertz CT molecular complexity index is 1090. The fraction of sp³-hybridized carbons (Fsp3) is 0.304. The van der Waals surface area contributed by atoms with Crippen LogP contribution in [0.15, 0.2) is 54.7 Å². The number of aliphatic hydroxyl groups excluding tert-OH is 1. The van der Waals surface area contributed by atoms with Crippen LogP contribution in [0.2, 0.25) is 0 Å². The third-order valence-electron chi connectivity index (χ3n) is 5.89. The van der Waals surface area contributed by atoms with Gasteiger partial charge >= 0.3 is 0 Å². The standard InChI is InChI=1S/C23H25N3O3/c1-14-10-17-9-8-16(19-11-18(19)15-6-4-3-5-7-15)12-26(17)20(14)21(28)25-23(2,13-27)22(24)29/h3-10,12,18-19,27H,11,13H2,1-2H3,(H2,24,29)(H,25,28)/t18?,19?,23-/m0/s1. The molecule has 2 aromatic heterocycles. The van der Waals surface area contributed by atoms with E-state index in [9.17, 15) is 14.7 Å². The van der Waals surface area contributed by atoms with E-state index >= 15 is 0 Å². The smallest absolute Gasteiger partial charge is 0.269 e. The van der Waals surface area contributed by atoms with Gasteiger partial charge in [0.2, 0.25) is 5.91 Å². The second-order valence-electron chi connectivity index (χ2n) is 8.10. The maximum atomic E-state index is 13.0. The lowest BCUT2D eigenvalue weighted by atomic mass is 10.0. The van der Waals surface area contributed by atoms with Crippen molar-refractivity contribution < 1.29 is 14.7 Å². The van der Waals surface area contributed by atoms with E-state index < -0.39 is 24.0 Å². The number of aromatic nitrogens is 1. The Hall–Kier alpha value is -3.12. The topological polar surface area (TPSA) is 96.8 Å². The van der Waals surface area contributed by atoms with Crippen molar-refractivity contribution in [2.24, 2.45) is 5.73 Å². The predicted molar refractivity (Wildman–Crippen MR) is 111 cm³/mol. The van der Waals surface area contributed by atoms with Crippen LogP contribution in [0.4, 0.5) is 0 Å². The van der Waals surface area contributed by atoms with Crippen molar-refractivity contribution in [2.75, 3.05) is 6.61 Å². The van der Waals surface area contributed by atoms with Gasteiger partial charge in [-0.2, -0.15) is 0 Å². The summed E-state index contributed by atoms with van der Waals surface area (Å²) in [6, 6.07) is 16.5. The molecular weight excluding hydrogens is 366 g/mol. The van der Waals surface area contributed by atoms with E-state index in [0.717, 1.165) is 17.5 Å². The number of nitrogens with zero attached hydrogens (tertiary/aromatic N) is 1. The molecule has 0 radical (unpaired) electrons. The molecule has 1 fully saturated rings. The zero-order valence-corrected chi connectivity index (χ0v) is 16.6. The van der Waals surface area contributed by atoms with Crippen LogP contribution in [0, 0.1) is 6.92 Å². The number of rotatable bonds is 6. The van der Waals surface area contributed by atoms with Gasteiger partial charge in [-0.15, -0.1) is 0 Å². The minimum Gasteiger partial charge on any atom is -0.393 e. The van der Waals surface area contributed by atoms with Crippen LogP contribution in [0.3, 0.4) is 0 Å². The molecule has 1 aromatic carbocycles. The van der Waals surface area contributed by atoms with Crippen molar-refractivity contribution in [3.8, 4) is 0 Å². The van der Waals surface area contributed by atoms with E-state index in [0.29, 0.717) is 17.5 Å². The Balaban J connectivity index is 1.66. The second kappa shape index (κ2) is 7.04. The first-order valence-electron chi connectivity index (χ1n) is 9.74. The Morgan fingerprint density at radius 3 is 2.52 bits per heavy atom. The van der Waals surface area contributed by atoms with Crippen LogP contribution in [0.25, 0.3) is 5.52 Å². The van der Waals surface area contributed by atoms with Gasteiger partial charge in [0, 0.05) is 11.7 Å². The van der Waals surface area contributed by atoms with E-state index in [4.69, 9.17) is 5.73 Å². The summed E-state index contributed by atoms with van der Waals surface area (Å²) in [7, 11) is 0. The summed E-state index contributed by atoms with van der Waals surface area (Å²) in [4.78, 5) is 24.6. The minimum atomic E-state index is -1.51. The van der Waals surface area contributed by atoms with Crippen molar-refractivity contribution in [1.29, 1.82) is 0 Å². The van der Waals surface area contributed by atoms with Gasteiger partial charge in [0.1, 0.15) is 11.2 Å². The molecule has 4 rings (SSSR count). The number of carbonyl (C=O) groups excluding carboxylic acids is 2. The first kappa shape index (κ1) is 19.2. The zero-order chi connectivity index (χ0) is 20.8. The van der Waals surface area contributed by atoms with Crippen LogP contribution in [0.5, 0.6) is 0 Å². The van der Waals surface area contributed by atoms with E-state index in [1.807, 2.05) is 35.7 Å². The number of fused-ring (bicyclic) bond motifs is 1. The molecular formula is C23H25N3O3. The lowest BCUT2D eigenvalue weighted by Gasteiger charge is -2.25. The van der Waals surface area contributed by atoms with Gasteiger partial charge < -0.3 is 20.6 Å². The molecule has 2 unspecified atom stereocenters. The molecule has 150 valence electrons. The van der Waals surface area contributed by atoms with Crippen LogP contribution >= 0.6 is 0 Å². The van der Waals surface area contributed by atoms with Crippen LogP contribution in [-0.2, 0) is 4.79 Å². The fourth-order valence-electron chi connectivity index (χ4n) is 3.95. The van der Waals surface area contributed by atoms with Crippen molar-refractivity contribution in [3.63, 3.8) is 0 Å². The monoisotopic (exact) mass is 391 g/mol. The molecule has 0 spiro atoms. The number of nitrogens with two attached hydrogens (primary N) is 1. The average Bonchev–Trinajstić information content (AvgIpc) is 3.44.